The number of nitrogens with zero attached hydrogens (tertiary/aromatic N) is 3. The largest absolute Gasteiger partial charge is 0.366 e. The van der Waals surface area contributed by atoms with E-state index in [1.165, 1.54) is 0 Å². The van der Waals surface area contributed by atoms with Crippen LogP contribution in [0.25, 0.3) is 16.8 Å². The Morgan fingerprint density at radius 1 is 1.31 bits per heavy atom. The Labute approximate surface area is 159 Å². The number of carbonyl (C=O) groups excluding carboxylic acids is 1. The van der Waals surface area contributed by atoms with Crippen LogP contribution in [0.3, 0.4) is 0 Å². The molecule has 26 heavy (non-hydrogen) atoms. The Morgan fingerprint density at radius 2 is 2.08 bits per heavy atom. The van der Waals surface area contributed by atoms with Crippen LogP contribution in [-0.2, 0) is 11.8 Å². The van der Waals surface area contributed by atoms with Gasteiger partial charge in [0.2, 0.25) is 5.91 Å². The average Bonchev–Trinajstić information content (AvgIpc) is 3.04. The summed E-state index contributed by atoms with van der Waals surface area (Å²) in [5.74, 6) is 0.159. The number of primary amides is 1. The van der Waals surface area contributed by atoms with Crippen LogP contribution in [0, 0.1) is 6.92 Å². The molecule has 0 unspecified atom stereocenters. The van der Waals surface area contributed by atoms with Crippen LogP contribution >= 0.6 is 15.9 Å². The lowest BCUT2D eigenvalue weighted by molar-refractivity contribution is -0.112. The number of aryl methyl sites for hydroxylation is 2. The van der Waals surface area contributed by atoms with Crippen LogP contribution < -0.4 is 11.1 Å². The van der Waals surface area contributed by atoms with Gasteiger partial charge in [-0.15, -0.1) is 0 Å². The van der Waals surface area contributed by atoms with E-state index < -0.39 is 5.91 Å². The van der Waals surface area contributed by atoms with Crippen LogP contribution in [0.1, 0.15) is 11.3 Å². The molecule has 0 bridgehead atoms. The van der Waals surface area contributed by atoms with Gasteiger partial charge in [-0.1, -0.05) is 12.6 Å². The highest BCUT2D eigenvalue weighted by atomic mass is 79.9. The molecule has 0 saturated heterocycles. The van der Waals surface area contributed by atoms with Crippen LogP contribution in [0.4, 0.5) is 11.5 Å². The van der Waals surface area contributed by atoms with Gasteiger partial charge in [0.25, 0.3) is 0 Å². The normalized spacial score (nSPS) is 10.6. The highest BCUT2D eigenvalue weighted by molar-refractivity contribution is 9.10. The van der Waals surface area contributed by atoms with Crippen molar-refractivity contribution >= 4 is 38.9 Å². The van der Waals surface area contributed by atoms with Crippen molar-refractivity contribution in [2.24, 2.45) is 12.8 Å². The van der Waals surface area contributed by atoms with E-state index in [0.717, 1.165) is 27.1 Å². The Hall–Kier alpha value is -2.93. The topological polar surface area (TPSA) is 85.8 Å². The summed E-state index contributed by atoms with van der Waals surface area (Å²) in [6, 6.07) is 9.34. The number of benzene rings is 1. The van der Waals surface area contributed by atoms with Crippen molar-refractivity contribution in [2.45, 2.75) is 6.92 Å². The molecule has 3 aromatic rings. The number of aromatic nitrogens is 3. The van der Waals surface area contributed by atoms with Gasteiger partial charge in [0.05, 0.1) is 17.7 Å². The zero-order chi connectivity index (χ0) is 18.8. The Balaban J connectivity index is 2.07. The fourth-order valence-electron chi connectivity index (χ4n) is 2.50. The number of halogens is 1. The first-order valence-electron chi connectivity index (χ1n) is 7.87. The number of nitrogens with two attached hydrogens (primary N) is 1. The summed E-state index contributed by atoms with van der Waals surface area (Å²) in [6.07, 6.45) is 3.62. The SMILES string of the molecule is C=C(C(N)=O)c1ccc(Nc2ccc(Br)c(C)n2)c(-c2cn(C)cn2)c1. The minimum Gasteiger partial charge on any atom is -0.366 e. The minimum atomic E-state index is -0.553. The van der Waals surface area contributed by atoms with Gasteiger partial charge in [-0.25, -0.2) is 9.97 Å². The maximum Gasteiger partial charge on any atom is 0.248 e. The third-order valence-corrected chi connectivity index (χ3v) is 4.77. The standard InChI is InChI=1S/C19H18BrN5O/c1-11(19(21)26)13-4-6-16(14(8-13)17-9-25(3)10-22-17)24-18-7-5-15(20)12(2)23-18/h4-10H,1H2,2-3H3,(H2,21,26)(H,23,24). The van der Waals surface area contributed by atoms with Gasteiger partial charge in [-0.2, -0.15) is 0 Å². The predicted octanol–water partition coefficient (Wildman–Crippen LogP) is 3.80. The molecule has 1 amide bonds. The van der Waals surface area contributed by atoms with E-state index in [1.54, 1.807) is 12.4 Å². The maximum atomic E-state index is 11.5. The summed E-state index contributed by atoms with van der Waals surface area (Å²) in [7, 11) is 1.90. The molecule has 0 aliphatic carbocycles. The van der Waals surface area contributed by atoms with Crippen molar-refractivity contribution in [3.8, 4) is 11.3 Å². The monoisotopic (exact) mass is 411 g/mol. The highest BCUT2D eigenvalue weighted by Crippen LogP contribution is 2.32. The number of hydrogen-bond donors (Lipinski definition) is 2. The molecule has 0 aliphatic heterocycles. The zero-order valence-electron chi connectivity index (χ0n) is 14.5. The number of anilines is 2. The quantitative estimate of drug-likeness (QED) is 0.625. The second-order valence-electron chi connectivity index (χ2n) is 5.92. The van der Waals surface area contributed by atoms with E-state index >= 15 is 0 Å². The second-order valence-corrected chi connectivity index (χ2v) is 6.77. The van der Waals surface area contributed by atoms with Gasteiger partial charge in [0.1, 0.15) is 5.82 Å². The summed E-state index contributed by atoms with van der Waals surface area (Å²) in [4.78, 5) is 20.4. The molecule has 3 rings (SSSR count). The predicted molar refractivity (Wildman–Crippen MR) is 107 cm³/mol. The van der Waals surface area contributed by atoms with Crippen molar-refractivity contribution in [3.63, 3.8) is 0 Å². The van der Waals surface area contributed by atoms with Crippen LogP contribution in [0.2, 0.25) is 0 Å². The number of nitrogens with one attached hydrogen (secondary N) is 1. The van der Waals surface area contributed by atoms with Crippen molar-refractivity contribution < 1.29 is 4.79 Å². The smallest absolute Gasteiger partial charge is 0.248 e. The zero-order valence-corrected chi connectivity index (χ0v) is 16.0. The number of imidazole rings is 1. The van der Waals surface area contributed by atoms with E-state index in [9.17, 15) is 4.79 Å². The average molecular weight is 412 g/mol. The van der Waals surface area contributed by atoms with Crippen LogP contribution in [0.15, 0.2) is 53.9 Å². The first-order chi connectivity index (χ1) is 12.3. The molecule has 0 saturated carbocycles. The first kappa shape index (κ1) is 17.9. The molecular weight excluding hydrogens is 394 g/mol. The Morgan fingerprint density at radius 3 is 2.69 bits per heavy atom. The molecule has 0 spiro atoms. The molecular formula is C19H18BrN5O. The molecule has 0 atom stereocenters. The lowest BCUT2D eigenvalue weighted by atomic mass is 10.0. The van der Waals surface area contributed by atoms with Crippen molar-refractivity contribution in [2.75, 3.05) is 5.32 Å². The first-order valence-corrected chi connectivity index (χ1v) is 8.66. The number of carbonyl (C=O) groups is 1. The van der Waals surface area contributed by atoms with Gasteiger partial charge in [-0.3, -0.25) is 4.79 Å². The summed E-state index contributed by atoms with van der Waals surface area (Å²) in [5.41, 5.74) is 9.57. The van der Waals surface area contributed by atoms with E-state index in [2.05, 4.69) is 37.8 Å². The Kier molecular flexibility index (Phi) is 4.90. The van der Waals surface area contributed by atoms with E-state index in [1.807, 2.05) is 49.0 Å². The third kappa shape index (κ3) is 3.67. The molecule has 1 aromatic carbocycles. The number of pyridine rings is 1. The molecule has 7 heteroatoms. The van der Waals surface area contributed by atoms with Crippen molar-refractivity contribution in [3.05, 3.63) is 65.2 Å². The molecule has 3 N–H and O–H groups in total. The fourth-order valence-corrected chi connectivity index (χ4v) is 2.72. The number of rotatable bonds is 5. The van der Waals surface area contributed by atoms with E-state index in [0.29, 0.717) is 11.4 Å². The molecule has 0 fully saturated rings. The highest BCUT2D eigenvalue weighted by Gasteiger charge is 2.13. The number of amides is 1. The van der Waals surface area contributed by atoms with Gasteiger partial charge < -0.3 is 15.6 Å². The van der Waals surface area contributed by atoms with Gasteiger partial charge in [-0.05, 0) is 52.7 Å². The van der Waals surface area contributed by atoms with Gasteiger partial charge in [0.15, 0.2) is 0 Å². The summed E-state index contributed by atoms with van der Waals surface area (Å²) < 4.78 is 2.80. The third-order valence-electron chi connectivity index (χ3n) is 3.93. The molecule has 0 aliphatic rings. The lowest BCUT2D eigenvalue weighted by Gasteiger charge is -2.13. The molecule has 6 nitrogen and oxygen atoms in total. The summed E-state index contributed by atoms with van der Waals surface area (Å²) >= 11 is 3.45. The van der Waals surface area contributed by atoms with Crippen LogP contribution in [0.5, 0.6) is 0 Å². The summed E-state index contributed by atoms with van der Waals surface area (Å²) in [5, 5.41) is 3.32. The van der Waals surface area contributed by atoms with Crippen molar-refractivity contribution in [1.29, 1.82) is 0 Å². The lowest BCUT2D eigenvalue weighted by Crippen LogP contribution is -2.12. The minimum absolute atomic E-state index is 0.256. The van der Waals surface area contributed by atoms with E-state index in [4.69, 9.17) is 5.73 Å². The molecule has 0 radical (unpaired) electrons. The Bertz CT molecular complexity index is 1010. The molecule has 2 heterocycles. The van der Waals surface area contributed by atoms with Crippen LogP contribution in [-0.4, -0.2) is 20.4 Å². The van der Waals surface area contributed by atoms with Gasteiger partial charge in [0, 0.05) is 34.5 Å². The van der Waals surface area contributed by atoms with E-state index in [-0.39, 0.29) is 5.57 Å². The number of hydrogen-bond acceptors (Lipinski definition) is 4. The summed E-state index contributed by atoms with van der Waals surface area (Å²) in [6.45, 7) is 5.69. The molecule has 2 aromatic heterocycles. The maximum absolute atomic E-state index is 11.5. The molecule has 132 valence electrons. The second kappa shape index (κ2) is 7.13. The fraction of sp³-hybridized carbons (Fsp3) is 0.105. The van der Waals surface area contributed by atoms with Crippen molar-refractivity contribution in [1.82, 2.24) is 14.5 Å². The van der Waals surface area contributed by atoms with Gasteiger partial charge >= 0.3 is 0 Å².